The molecule has 5 nitrogen and oxygen atoms in total. The molecule has 0 atom stereocenters. The Morgan fingerprint density at radius 1 is 1.12 bits per heavy atom. The minimum absolute atomic E-state index is 0.732. The number of hydrogen-bond donors (Lipinski definition) is 1. The van der Waals surface area contributed by atoms with Crippen LogP contribution in [-0.2, 0) is 19.4 Å². The molecule has 7 heteroatoms. The molecule has 0 unspecified atom stereocenters. The Labute approximate surface area is 210 Å². The lowest BCUT2D eigenvalue weighted by atomic mass is 9.98. The van der Waals surface area contributed by atoms with Gasteiger partial charge in [0.15, 0.2) is 0 Å². The molecule has 34 heavy (non-hydrogen) atoms. The highest BCUT2D eigenvalue weighted by Gasteiger charge is 2.28. The number of aromatic nitrogens is 3. The van der Waals surface area contributed by atoms with E-state index in [0.717, 1.165) is 78.0 Å². The Bertz CT molecular complexity index is 1320. The van der Waals surface area contributed by atoms with Gasteiger partial charge < -0.3 is 14.6 Å². The van der Waals surface area contributed by atoms with Gasteiger partial charge in [0.1, 0.15) is 27.9 Å². The topological polar surface area (TPSA) is 43.5 Å². The second-order valence-electron chi connectivity index (χ2n) is 8.75. The molecule has 2 aromatic heterocycles. The van der Waals surface area contributed by atoms with Crippen LogP contribution in [0.5, 0.6) is 5.75 Å². The summed E-state index contributed by atoms with van der Waals surface area (Å²) in [6.07, 6.45) is 5.04. The van der Waals surface area contributed by atoms with Crippen molar-refractivity contribution < 1.29 is 4.74 Å². The number of benzene rings is 2. The average molecular weight is 493 g/mol. The second kappa shape index (κ2) is 9.80. The molecule has 0 saturated carbocycles. The summed E-state index contributed by atoms with van der Waals surface area (Å²) in [4.78, 5) is 0.745. The van der Waals surface area contributed by atoms with Gasteiger partial charge in [0.05, 0.1) is 7.11 Å². The van der Waals surface area contributed by atoms with E-state index in [-0.39, 0.29) is 0 Å². The summed E-state index contributed by atoms with van der Waals surface area (Å²) in [6, 6.07) is 16.3. The largest absolute Gasteiger partial charge is 0.497 e. The van der Waals surface area contributed by atoms with E-state index in [0.29, 0.717) is 0 Å². The van der Waals surface area contributed by atoms with Crippen LogP contribution in [0, 0.1) is 0 Å². The normalized spacial score (nSPS) is 13.1. The molecule has 4 aromatic rings. The highest BCUT2D eigenvalue weighted by molar-refractivity contribution is 7.80. The van der Waals surface area contributed by atoms with Crippen LogP contribution in [0.25, 0.3) is 16.8 Å². The Balaban J connectivity index is 1.69. The summed E-state index contributed by atoms with van der Waals surface area (Å²) in [6.45, 7) is 3.94. The molecule has 0 fully saturated rings. The molecule has 1 aliphatic rings. The maximum Gasteiger partial charge on any atom is 0.140 e. The molecule has 0 aliphatic carbocycles. The highest BCUT2D eigenvalue weighted by Crippen LogP contribution is 2.37. The fraction of sp³-hybridized carbons (Fsp3) is 0.333. The molecule has 0 bridgehead atoms. The van der Waals surface area contributed by atoms with E-state index in [1.54, 1.807) is 7.11 Å². The Kier molecular flexibility index (Phi) is 6.61. The predicted octanol–water partition coefficient (Wildman–Crippen LogP) is 6.07. The number of halogens is 1. The Hall–Kier alpha value is -2.83. The van der Waals surface area contributed by atoms with Crippen LogP contribution in [0.1, 0.15) is 48.8 Å². The van der Waals surface area contributed by atoms with Crippen molar-refractivity contribution in [2.75, 3.05) is 13.7 Å². The van der Waals surface area contributed by atoms with Gasteiger partial charge in [-0.25, -0.2) is 4.52 Å². The van der Waals surface area contributed by atoms with Gasteiger partial charge in [0.25, 0.3) is 0 Å². The first-order chi connectivity index (χ1) is 16.6. The first kappa shape index (κ1) is 22.9. The maximum atomic E-state index is 6.21. The second-order valence-corrected chi connectivity index (χ2v) is 9.59. The van der Waals surface area contributed by atoms with E-state index in [9.17, 15) is 0 Å². The molecule has 0 saturated heterocycles. The zero-order valence-corrected chi connectivity index (χ0v) is 21.2. The molecule has 1 aliphatic heterocycles. The van der Waals surface area contributed by atoms with Crippen molar-refractivity contribution in [3.63, 3.8) is 0 Å². The molecule has 176 valence electrons. The Morgan fingerprint density at radius 3 is 2.59 bits per heavy atom. The first-order valence-electron chi connectivity index (χ1n) is 11.9. The number of ether oxygens (including phenoxy) is 1. The monoisotopic (exact) mass is 492 g/mol. The lowest BCUT2D eigenvalue weighted by Crippen LogP contribution is -2.25. The van der Waals surface area contributed by atoms with Crippen molar-refractivity contribution in [1.82, 2.24) is 19.5 Å². The maximum absolute atomic E-state index is 6.21. The standard InChI is InChI=1S/C27H29ClN4OS/c1-3-15-29-26(34)25-24(19-9-11-20(28)12-10-19)22-6-4-5-16-31-23(30-32(25)27(22)31)17-18-7-13-21(33-2)14-8-18/h7-14H,3-6,15-17H2,1-2H3,(H,29,34). The summed E-state index contributed by atoms with van der Waals surface area (Å²) < 4.78 is 9.82. The van der Waals surface area contributed by atoms with Crippen LogP contribution in [0.15, 0.2) is 48.5 Å². The fourth-order valence-electron chi connectivity index (χ4n) is 4.82. The van der Waals surface area contributed by atoms with Crippen LogP contribution in [0.2, 0.25) is 5.02 Å². The number of nitrogens with zero attached hydrogens (tertiary/aromatic N) is 3. The SMILES string of the molecule is CCCNC(=S)c1c(-c2ccc(Cl)cc2)c2c3n(c(Cc4ccc(OC)cc4)nn13)CCCC2. The van der Waals surface area contributed by atoms with Crippen LogP contribution in [-0.4, -0.2) is 32.8 Å². The smallest absolute Gasteiger partial charge is 0.140 e. The third-order valence-electron chi connectivity index (χ3n) is 6.47. The lowest BCUT2D eigenvalue weighted by molar-refractivity contribution is 0.414. The van der Waals surface area contributed by atoms with Crippen molar-refractivity contribution in [2.24, 2.45) is 0 Å². The minimum Gasteiger partial charge on any atom is -0.497 e. The average Bonchev–Trinajstić information content (AvgIpc) is 3.24. The van der Waals surface area contributed by atoms with E-state index in [1.165, 1.54) is 22.3 Å². The molecule has 0 amide bonds. The van der Waals surface area contributed by atoms with E-state index in [1.807, 2.05) is 24.3 Å². The summed E-state index contributed by atoms with van der Waals surface area (Å²) in [5, 5.41) is 9.33. The third kappa shape index (κ3) is 4.21. The highest BCUT2D eigenvalue weighted by atomic mass is 35.5. The summed E-state index contributed by atoms with van der Waals surface area (Å²) in [5.74, 6) is 1.92. The van der Waals surface area contributed by atoms with Crippen molar-refractivity contribution in [3.8, 4) is 16.9 Å². The zero-order chi connectivity index (χ0) is 23.7. The molecular weight excluding hydrogens is 464 g/mol. The van der Waals surface area contributed by atoms with Crippen molar-refractivity contribution >= 4 is 34.5 Å². The van der Waals surface area contributed by atoms with Gasteiger partial charge in [-0.15, -0.1) is 0 Å². The van der Waals surface area contributed by atoms with Crippen LogP contribution in [0.4, 0.5) is 0 Å². The quantitative estimate of drug-likeness (QED) is 0.318. The van der Waals surface area contributed by atoms with Crippen molar-refractivity contribution in [1.29, 1.82) is 0 Å². The summed E-state index contributed by atoms with van der Waals surface area (Å²) in [5.41, 5.74) is 6.99. The number of nitrogens with one attached hydrogen (secondary N) is 1. The molecule has 1 N–H and O–H groups in total. The van der Waals surface area contributed by atoms with Gasteiger partial charge in [0.2, 0.25) is 0 Å². The third-order valence-corrected chi connectivity index (χ3v) is 7.06. The van der Waals surface area contributed by atoms with E-state index in [4.69, 9.17) is 33.7 Å². The van der Waals surface area contributed by atoms with Crippen molar-refractivity contribution in [2.45, 2.75) is 45.6 Å². The van der Waals surface area contributed by atoms with Crippen LogP contribution < -0.4 is 10.1 Å². The van der Waals surface area contributed by atoms with Gasteiger partial charge in [0, 0.05) is 35.7 Å². The lowest BCUT2D eigenvalue weighted by Gasteiger charge is -2.11. The Morgan fingerprint density at radius 2 is 1.88 bits per heavy atom. The molecule has 5 rings (SSSR count). The van der Waals surface area contributed by atoms with Crippen LogP contribution in [0.3, 0.4) is 0 Å². The van der Waals surface area contributed by atoms with Gasteiger partial charge in [-0.1, -0.05) is 55.0 Å². The van der Waals surface area contributed by atoms with Gasteiger partial charge >= 0.3 is 0 Å². The number of aryl methyl sites for hydroxylation is 2. The number of hydrogen-bond acceptors (Lipinski definition) is 3. The minimum atomic E-state index is 0.732. The molecule has 3 heterocycles. The van der Waals surface area contributed by atoms with E-state index >= 15 is 0 Å². The van der Waals surface area contributed by atoms with Gasteiger partial charge in [-0.2, -0.15) is 5.10 Å². The number of thiocarbonyl (C=S) groups is 1. The fourth-order valence-corrected chi connectivity index (χ4v) is 5.24. The zero-order valence-electron chi connectivity index (χ0n) is 19.6. The molecule has 0 radical (unpaired) electrons. The number of rotatable bonds is 7. The van der Waals surface area contributed by atoms with Crippen molar-refractivity contribution in [3.05, 3.63) is 76.2 Å². The number of methoxy groups -OCH3 is 1. The van der Waals surface area contributed by atoms with E-state index in [2.05, 4.69) is 45.6 Å². The first-order valence-corrected chi connectivity index (χ1v) is 12.7. The van der Waals surface area contributed by atoms with Crippen LogP contribution >= 0.6 is 23.8 Å². The molecule has 2 aromatic carbocycles. The predicted molar refractivity (Wildman–Crippen MR) is 142 cm³/mol. The molecule has 0 spiro atoms. The van der Waals surface area contributed by atoms with Gasteiger partial charge in [-0.3, -0.25) is 0 Å². The summed E-state index contributed by atoms with van der Waals surface area (Å²) in [7, 11) is 1.69. The van der Waals surface area contributed by atoms with Gasteiger partial charge in [-0.05, 0) is 61.1 Å². The summed E-state index contributed by atoms with van der Waals surface area (Å²) >= 11 is 12.1. The molecular formula is C27H29ClN4OS. The van der Waals surface area contributed by atoms with E-state index < -0.39 is 0 Å².